The lowest BCUT2D eigenvalue weighted by molar-refractivity contribution is -0.141. The van der Waals surface area contributed by atoms with E-state index < -0.39 is 17.2 Å². The van der Waals surface area contributed by atoms with E-state index in [0.717, 1.165) is 23.5 Å². The van der Waals surface area contributed by atoms with E-state index in [1.807, 2.05) is 0 Å². The zero-order valence-corrected chi connectivity index (χ0v) is 11.2. The minimum atomic E-state index is -4.54. The molecule has 2 aromatic rings. The summed E-state index contributed by atoms with van der Waals surface area (Å²) in [6, 6.07) is 0.854. The molecule has 0 fully saturated rings. The molecule has 0 bridgehead atoms. The number of rotatable bonds is 2. The van der Waals surface area contributed by atoms with E-state index in [4.69, 9.17) is 11.6 Å². The second-order valence-electron chi connectivity index (χ2n) is 3.22. The molecule has 3 nitrogen and oxygen atoms in total. The smallest absolute Gasteiger partial charge is 0.235 e. The standard InChI is InChI=1S/C9H5ClF3N3S2/c1-4-3-17-8(14-4)18-6-2-5(9(11,12)13)15-7(10)16-6/h2-3H,1H3. The molecule has 0 unspecified atom stereocenters. The zero-order chi connectivity index (χ0) is 13.3. The monoisotopic (exact) mass is 311 g/mol. The first-order valence-corrected chi connectivity index (χ1v) is 6.64. The van der Waals surface area contributed by atoms with Crippen LogP contribution in [0.2, 0.25) is 5.28 Å². The Balaban J connectivity index is 2.31. The Morgan fingerprint density at radius 3 is 2.56 bits per heavy atom. The second kappa shape index (κ2) is 5.02. The molecule has 2 aromatic heterocycles. The number of alkyl halides is 3. The largest absolute Gasteiger partial charge is 0.433 e. The number of nitrogens with zero attached hydrogens (tertiary/aromatic N) is 3. The summed E-state index contributed by atoms with van der Waals surface area (Å²) >= 11 is 7.83. The summed E-state index contributed by atoms with van der Waals surface area (Å²) in [7, 11) is 0. The van der Waals surface area contributed by atoms with Crippen LogP contribution < -0.4 is 0 Å². The molecule has 0 aliphatic rings. The van der Waals surface area contributed by atoms with Crippen molar-refractivity contribution in [3.63, 3.8) is 0 Å². The Hall–Kier alpha value is -0.860. The van der Waals surface area contributed by atoms with Gasteiger partial charge < -0.3 is 0 Å². The molecular formula is C9H5ClF3N3S2. The van der Waals surface area contributed by atoms with Crippen molar-refractivity contribution < 1.29 is 13.2 Å². The van der Waals surface area contributed by atoms with Crippen molar-refractivity contribution in [3.05, 3.63) is 28.1 Å². The quantitative estimate of drug-likeness (QED) is 0.619. The third kappa shape index (κ3) is 3.33. The summed E-state index contributed by atoms with van der Waals surface area (Å²) in [5, 5.41) is 1.49. The molecule has 0 saturated carbocycles. The van der Waals surface area contributed by atoms with Gasteiger partial charge in [-0.25, -0.2) is 15.0 Å². The second-order valence-corrected chi connectivity index (χ2v) is 5.68. The molecular weight excluding hydrogens is 307 g/mol. The summed E-state index contributed by atoms with van der Waals surface area (Å²) in [6.45, 7) is 1.80. The first-order valence-electron chi connectivity index (χ1n) is 4.56. The van der Waals surface area contributed by atoms with Gasteiger partial charge in [0.05, 0.1) is 0 Å². The molecule has 9 heteroatoms. The number of halogens is 4. The maximum Gasteiger partial charge on any atom is 0.433 e. The first kappa shape index (κ1) is 13.6. The summed E-state index contributed by atoms with van der Waals surface area (Å²) in [4.78, 5) is 11.0. The number of hydrogen-bond acceptors (Lipinski definition) is 5. The fourth-order valence-electron chi connectivity index (χ4n) is 1.06. The van der Waals surface area contributed by atoms with Crippen molar-refractivity contribution in [2.45, 2.75) is 22.5 Å². The summed E-state index contributed by atoms with van der Waals surface area (Å²) in [5.74, 6) is 0. The summed E-state index contributed by atoms with van der Waals surface area (Å²) < 4.78 is 38.2. The average molecular weight is 312 g/mol. The van der Waals surface area contributed by atoms with Crippen molar-refractivity contribution in [2.75, 3.05) is 0 Å². The molecule has 0 atom stereocenters. The van der Waals surface area contributed by atoms with Gasteiger partial charge in [-0.2, -0.15) is 13.2 Å². The summed E-state index contributed by atoms with van der Waals surface area (Å²) in [5.41, 5.74) is -0.253. The van der Waals surface area contributed by atoms with Crippen LogP contribution in [0.3, 0.4) is 0 Å². The number of thiazole rings is 1. The van der Waals surface area contributed by atoms with Crippen LogP contribution in [-0.4, -0.2) is 15.0 Å². The molecule has 0 N–H and O–H groups in total. The number of aromatic nitrogens is 3. The van der Waals surface area contributed by atoms with Crippen LogP contribution in [0.4, 0.5) is 13.2 Å². The molecule has 18 heavy (non-hydrogen) atoms. The highest BCUT2D eigenvalue weighted by Gasteiger charge is 2.33. The third-order valence-corrected chi connectivity index (χ3v) is 3.90. The molecule has 0 radical (unpaired) electrons. The fraction of sp³-hybridized carbons (Fsp3) is 0.222. The Kier molecular flexibility index (Phi) is 3.79. The van der Waals surface area contributed by atoms with Crippen molar-refractivity contribution in [1.29, 1.82) is 0 Å². The van der Waals surface area contributed by atoms with E-state index in [-0.39, 0.29) is 5.03 Å². The topological polar surface area (TPSA) is 38.7 Å². The maximum atomic E-state index is 12.5. The van der Waals surface area contributed by atoms with E-state index in [1.165, 1.54) is 11.3 Å². The Morgan fingerprint density at radius 2 is 2.00 bits per heavy atom. The van der Waals surface area contributed by atoms with Gasteiger partial charge in [0.15, 0.2) is 10.0 Å². The lowest BCUT2D eigenvalue weighted by Gasteiger charge is -2.06. The number of hydrogen-bond donors (Lipinski definition) is 0. The Labute approximate surface area is 113 Å². The Morgan fingerprint density at radius 1 is 1.28 bits per heavy atom. The van der Waals surface area contributed by atoms with E-state index >= 15 is 0 Å². The van der Waals surface area contributed by atoms with Crippen molar-refractivity contribution in [3.8, 4) is 0 Å². The molecule has 2 heterocycles. The lowest BCUT2D eigenvalue weighted by atomic mass is 10.4. The van der Waals surface area contributed by atoms with Gasteiger partial charge in [0.2, 0.25) is 5.28 Å². The van der Waals surface area contributed by atoms with Crippen LogP contribution in [0, 0.1) is 6.92 Å². The van der Waals surface area contributed by atoms with Gasteiger partial charge in [0.1, 0.15) is 5.03 Å². The highest BCUT2D eigenvalue weighted by molar-refractivity contribution is 8.01. The molecule has 0 spiro atoms. The van der Waals surface area contributed by atoms with Gasteiger partial charge in [-0.15, -0.1) is 11.3 Å². The third-order valence-electron chi connectivity index (χ3n) is 1.76. The summed E-state index contributed by atoms with van der Waals surface area (Å²) in [6.07, 6.45) is -4.54. The molecule has 2 rings (SSSR count). The van der Waals surface area contributed by atoms with Crippen molar-refractivity contribution >= 4 is 34.7 Å². The molecule has 96 valence electrons. The fourth-order valence-corrected chi connectivity index (χ4v) is 3.08. The SMILES string of the molecule is Cc1csc(Sc2cc(C(F)(F)F)nc(Cl)n2)n1. The first-order chi connectivity index (χ1) is 8.34. The highest BCUT2D eigenvalue weighted by atomic mass is 35.5. The predicted octanol–water partition coefficient (Wildman–Crippen LogP) is 4.06. The number of aryl methyl sites for hydroxylation is 1. The van der Waals surface area contributed by atoms with Crippen molar-refractivity contribution in [2.24, 2.45) is 0 Å². The normalized spacial score (nSPS) is 11.8. The minimum absolute atomic E-state index is 0.122. The lowest BCUT2D eigenvalue weighted by Crippen LogP contribution is -2.09. The van der Waals surface area contributed by atoms with Crippen LogP contribution in [0.25, 0.3) is 0 Å². The molecule has 0 aliphatic heterocycles. The van der Waals surface area contributed by atoms with Gasteiger partial charge in [-0.05, 0) is 30.3 Å². The van der Waals surface area contributed by atoms with Crippen LogP contribution in [0.5, 0.6) is 0 Å². The van der Waals surface area contributed by atoms with Crippen molar-refractivity contribution in [1.82, 2.24) is 15.0 Å². The molecule has 0 aliphatic carbocycles. The van der Waals surface area contributed by atoms with E-state index in [1.54, 1.807) is 12.3 Å². The highest BCUT2D eigenvalue weighted by Crippen LogP contribution is 2.34. The van der Waals surface area contributed by atoms with Crippen LogP contribution in [0.15, 0.2) is 20.8 Å². The minimum Gasteiger partial charge on any atom is -0.235 e. The maximum absolute atomic E-state index is 12.5. The van der Waals surface area contributed by atoms with Crippen LogP contribution >= 0.6 is 34.7 Å². The molecule has 0 amide bonds. The van der Waals surface area contributed by atoms with Gasteiger partial charge >= 0.3 is 6.18 Å². The molecule has 0 saturated heterocycles. The average Bonchev–Trinajstić information content (AvgIpc) is 2.61. The van der Waals surface area contributed by atoms with E-state index in [0.29, 0.717) is 4.34 Å². The van der Waals surface area contributed by atoms with Crippen LogP contribution in [0.1, 0.15) is 11.4 Å². The van der Waals surface area contributed by atoms with E-state index in [9.17, 15) is 13.2 Å². The Bertz CT molecular complexity index is 570. The van der Waals surface area contributed by atoms with Gasteiger partial charge in [-0.3, -0.25) is 0 Å². The van der Waals surface area contributed by atoms with Gasteiger partial charge in [0, 0.05) is 17.1 Å². The molecule has 0 aromatic carbocycles. The van der Waals surface area contributed by atoms with E-state index in [2.05, 4.69) is 15.0 Å². The zero-order valence-electron chi connectivity index (χ0n) is 8.82. The van der Waals surface area contributed by atoms with Gasteiger partial charge in [0.25, 0.3) is 0 Å². The predicted molar refractivity (Wildman–Crippen MR) is 63.0 cm³/mol. The van der Waals surface area contributed by atoms with Crippen LogP contribution in [-0.2, 0) is 6.18 Å². The van der Waals surface area contributed by atoms with Gasteiger partial charge in [-0.1, -0.05) is 0 Å².